The fourth-order valence-corrected chi connectivity index (χ4v) is 5.36. The van der Waals surface area contributed by atoms with Crippen molar-refractivity contribution in [1.82, 2.24) is 28.8 Å². The summed E-state index contributed by atoms with van der Waals surface area (Å²) in [6.07, 6.45) is 6.12. The average molecular weight is 525 g/mol. The van der Waals surface area contributed by atoms with Gasteiger partial charge >= 0.3 is 5.76 Å². The summed E-state index contributed by atoms with van der Waals surface area (Å²) in [5.41, 5.74) is 4.25. The van der Waals surface area contributed by atoms with Gasteiger partial charge in [-0.05, 0) is 55.9 Å². The largest absolute Gasteiger partial charge is 0.419 e. The maximum Gasteiger partial charge on any atom is 0.419 e. The van der Waals surface area contributed by atoms with Crippen molar-refractivity contribution in [2.45, 2.75) is 19.5 Å². The topological polar surface area (TPSA) is 106 Å². The van der Waals surface area contributed by atoms with Crippen molar-refractivity contribution >= 4 is 39.5 Å². The van der Waals surface area contributed by atoms with Gasteiger partial charge in [0, 0.05) is 50.3 Å². The Labute approximate surface area is 223 Å². The van der Waals surface area contributed by atoms with Gasteiger partial charge < -0.3 is 19.5 Å². The highest BCUT2D eigenvalue weighted by Gasteiger charge is 2.20. The summed E-state index contributed by atoms with van der Waals surface area (Å²) in [7, 11) is 2.15. The summed E-state index contributed by atoms with van der Waals surface area (Å²) < 4.78 is 10.5. The van der Waals surface area contributed by atoms with Crippen LogP contribution in [0.1, 0.15) is 6.42 Å². The molecular formula is C28H28N8O3. The number of allylic oxidation sites excluding steroid dienone is 2. The van der Waals surface area contributed by atoms with Crippen molar-refractivity contribution in [3.63, 3.8) is 0 Å². The van der Waals surface area contributed by atoms with Crippen molar-refractivity contribution in [1.29, 1.82) is 0 Å². The highest BCUT2D eigenvalue weighted by atomic mass is 16.4. The standard InChI is InChI=1S/C28H28N8O3/c1-32-13-15-33(16-14-32)20-7-5-19(6-8-20)30-27-29-18-22-25(31-27)36-21-9-10-24-23(17-21)34(28(38)39-24)11-3-2-4-12-35(36)26(22)37/h2,4-10,17-18H,3,11-16H2,1H3,(H,29,30,31). The van der Waals surface area contributed by atoms with Gasteiger partial charge in [-0.2, -0.15) is 4.98 Å². The van der Waals surface area contributed by atoms with E-state index in [-0.39, 0.29) is 5.56 Å². The Kier molecular flexibility index (Phi) is 5.58. The number of anilines is 3. The van der Waals surface area contributed by atoms with Crippen molar-refractivity contribution in [3.05, 3.63) is 81.7 Å². The molecule has 5 aromatic rings. The number of nitrogens with one attached hydrogen (secondary N) is 1. The summed E-state index contributed by atoms with van der Waals surface area (Å²) in [6, 6.07) is 13.7. The number of aromatic nitrogens is 5. The molecule has 198 valence electrons. The third kappa shape index (κ3) is 4.11. The maximum atomic E-state index is 13.4. The van der Waals surface area contributed by atoms with Crippen molar-refractivity contribution in [2.24, 2.45) is 0 Å². The number of benzene rings is 2. The van der Waals surface area contributed by atoms with E-state index in [0.717, 1.165) is 31.9 Å². The van der Waals surface area contributed by atoms with Crippen LogP contribution in [-0.4, -0.2) is 62.0 Å². The second-order valence-electron chi connectivity index (χ2n) is 10.0. The van der Waals surface area contributed by atoms with Crippen molar-refractivity contribution in [3.8, 4) is 5.69 Å². The molecule has 5 heterocycles. The van der Waals surface area contributed by atoms with Crippen molar-refractivity contribution in [2.75, 3.05) is 43.4 Å². The first-order valence-electron chi connectivity index (χ1n) is 13.1. The second kappa shape index (κ2) is 9.28. The number of rotatable bonds is 3. The fourth-order valence-electron chi connectivity index (χ4n) is 5.36. The Morgan fingerprint density at radius 1 is 0.923 bits per heavy atom. The van der Waals surface area contributed by atoms with Crippen LogP contribution in [-0.2, 0) is 13.1 Å². The van der Waals surface area contributed by atoms with Crippen LogP contribution in [0, 0.1) is 0 Å². The molecule has 2 bridgehead atoms. The van der Waals surface area contributed by atoms with E-state index in [1.807, 2.05) is 36.4 Å². The SMILES string of the molecule is CN1CCN(c2ccc(Nc3ncc4c(=O)n5n(c4n3)-c3ccc4oc(=O)n(c4c3)CCC=CC5)cc2)CC1. The van der Waals surface area contributed by atoms with Gasteiger partial charge in [-0.15, -0.1) is 0 Å². The Hall–Kier alpha value is -4.64. The van der Waals surface area contributed by atoms with Crippen LogP contribution < -0.4 is 21.5 Å². The quantitative estimate of drug-likeness (QED) is 0.359. The lowest BCUT2D eigenvalue weighted by Crippen LogP contribution is -2.44. The van der Waals surface area contributed by atoms with E-state index < -0.39 is 5.76 Å². The summed E-state index contributed by atoms with van der Waals surface area (Å²) in [5.74, 6) is -0.00101. The molecule has 11 nitrogen and oxygen atoms in total. The zero-order chi connectivity index (χ0) is 26.5. The summed E-state index contributed by atoms with van der Waals surface area (Å²) in [5, 5.41) is 3.71. The average Bonchev–Trinajstić information content (AvgIpc) is 3.40. The Bertz CT molecular complexity index is 1840. The second-order valence-corrected chi connectivity index (χ2v) is 10.0. The summed E-state index contributed by atoms with van der Waals surface area (Å²) in [6.45, 7) is 4.99. The molecule has 0 amide bonds. The summed E-state index contributed by atoms with van der Waals surface area (Å²) in [4.78, 5) is 39.8. The monoisotopic (exact) mass is 524 g/mol. The minimum Gasteiger partial charge on any atom is -0.408 e. The minimum atomic E-state index is -0.392. The van der Waals surface area contributed by atoms with Gasteiger partial charge in [-0.3, -0.25) is 9.36 Å². The molecule has 0 unspecified atom stereocenters. The van der Waals surface area contributed by atoms with Gasteiger partial charge in [-0.1, -0.05) is 12.2 Å². The normalized spacial score (nSPS) is 16.1. The van der Waals surface area contributed by atoms with Crippen LogP contribution in [0.5, 0.6) is 0 Å². The predicted molar refractivity (Wildman–Crippen MR) is 150 cm³/mol. The van der Waals surface area contributed by atoms with E-state index in [0.29, 0.717) is 53.3 Å². The molecule has 39 heavy (non-hydrogen) atoms. The predicted octanol–water partition coefficient (Wildman–Crippen LogP) is 2.95. The smallest absolute Gasteiger partial charge is 0.408 e. The number of oxazole rings is 1. The molecule has 2 aliphatic rings. The number of piperazine rings is 1. The van der Waals surface area contributed by atoms with Gasteiger partial charge in [-0.25, -0.2) is 19.1 Å². The molecule has 2 aromatic carbocycles. The van der Waals surface area contributed by atoms with Crippen LogP contribution in [0.2, 0.25) is 0 Å². The molecule has 0 radical (unpaired) electrons. The molecule has 11 heteroatoms. The molecule has 0 spiro atoms. The number of aryl methyl sites for hydroxylation is 1. The molecular weight excluding hydrogens is 496 g/mol. The number of hydrogen-bond donors (Lipinski definition) is 1. The molecule has 7 rings (SSSR count). The number of nitrogens with zero attached hydrogens (tertiary/aromatic N) is 7. The molecule has 1 saturated heterocycles. The molecule has 1 N–H and O–H groups in total. The third-order valence-electron chi connectivity index (χ3n) is 7.53. The molecule has 0 saturated carbocycles. The van der Waals surface area contributed by atoms with Gasteiger partial charge in [0.2, 0.25) is 5.95 Å². The first kappa shape index (κ1) is 23.5. The molecule has 0 aliphatic carbocycles. The zero-order valence-corrected chi connectivity index (χ0v) is 21.6. The molecule has 1 fully saturated rings. The Balaban J connectivity index is 1.28. The first-order valence-corrected chi connectivity index (χ1v) is 13.1. The first-order chi connectivity index (χ1) is 19.0. The van der Waals surface area contributed by atoms with Gasteiger partial charge in [0.15, 0.2) is 11.2 Å². The minimum absolute atomic E-state index is 0.179. The highest BCUT2D eigenvalue weighted by Crippen LogP contribution is 2.24. The van der Waals surface area contributed by atoms with Crippen LogP contribution in [0.4, 0.5) is 17.3 Å². The van der Waals surface area contributed by atoms with Gasteiger partial charge in [0.1, 0.15) is 5.39 Å². The molecule has 0 atom stereocenters. The van der Waals surface area contributed by atoms with E-state index in [9.17, 15) is 9.59 Å². The number of likely N-dealkylation sites (N-methyl/N-ethyl adjacent to an activating group) is 1. The lowest BCUT2D eigenvalue weighted by atomic mass is 10.2. The van der Waals surface area contributed by atoms with Gasteiger partial charge in [0.25, 0.3) is 5.56 Å². The fraction of sp³-hybridized carbons (Fsp3) is 0.286. The Morgan fingerprint density at radius 3 is 2.54 bits per heavy atom. The third-order valence-corrected chi connectivity index (χ3v) is 7.53. The van der Waals surface area contributed by atoms with E-state index in [1.54, 1.807) is 26.2 Å². The lowest BCUT2D eigenvalue weighted by Gasteiger charge is -2.34. The van der Waals surface area contributed by atoms with E-state index in [4.69, 9.17) is 9.40 Å². The van der Waals surface area contributed by atoms with Crippen LogP contribution >= 0.6 is 0 Å². The molecule has 3 aromatic heterocycles. The number of fused-ring (bicyclic) bond motifs is 5. The Morgan fingerprint density at radius 2 is 1.72 bits per heavy atom. The van der Waals surface area contributed by atoms with Crippen LogP contribution in [0.15, 0.2) is 74.8 Å². The lowest BCUT2D eigenvalue weighted by molar-refractivity contribution is 0.313. The number of hydrogen-bond acceptors (Lipinski definition) is 8. The van der Waals surface area contributed by atoms with E-state index in [1.165, 1.54) is 5.69 Å². The maximum absolute atomic E-state index is 13.4. The summed E-state index contributed by atoms with van der Waals surface area (Å²) >= 11 is 0. The van der Waals surface area contributed by atoms with Crippen LogP contribution in [0.3, 0.4) is 0 Å². The van der Waals surface area contributed by atoms with Gasteiger partial charge in [0.05, 0.1) is 17.7 Å². The van der Waals surface area contributed by atoms with E-state index >= 15 is 0 Å². The molecule has 2 aliphatic heterocycles. The highest BCUT2D eigenvalue weighted by molar-refractivity contribution is 5.80. The zero-order valence-electron chi connectivity index (χ0n) is 21.6. The van der Waals surface area contributed by atoms with Crippen molar-refractivity contribution < 1.29 is 4.42 Å². The van der Waals surface area contributed by atoms with Crippen LogP contribution in [0.25, 0.3) is 27.8 Å². The van der Waals surface area contributed by atoms with E-state index in [2.05, 4.69) is 39.3 Å².